The van der Waals surface area contributed by atoms with Crippen molar-refractivity contribution >= 4 is 5.78 Å². The fraction of sp³-hybridized carbons (Fsp3) is 0.0769. The second-order valence-electron chi connectivity index (χ2n) is 3.68. The number of carbonyl (C=O) groups is 1. The minimum atomic E-state index is -0.769. The third-order valence-electron chi connectivity index (χ3n) is 2.41. The Hall–Kier alpha value is -2.10. The van der Waals surface area contributed by atoms with Gasteiger partial charge in [0.05, 0.1) is 0 Å². The van der Waals surface area contributed by atoms with E-state index in [1.807, 2.05) is 0 Å². The Bertz CT molecular complexity index is 561. The zero-order valence-electron chi connectivity index (χ0n) is 9.08. The van der Waals surface area contributed by atoms with Crippen molar-refractivity contribution in [1.82, 2.24) is 4.98 Å². The molecule has 0 aliphatic rings. The van der Waals surface area contributed by atoms with Gasteiger partial charge in [-0.1, -0.05) is 0 Å². The summed E-state index contributed by atoms with van der Waals surface area (Å²) < 4.78 is 26.0. The molecule has 0 saturated heterocycles. The third-order valence-corrected chi connectivity index (χ3v) is 2.41. The molecule has 0 atom stereocenters. The summed E-state index contributed by atoms with van der Waals surface area (Å²) in [5.41, 5.74) is 1.05. The monoisotopic (exact) mass is 233 g/mol. The minimum absolute atomic E-state index is 0.0152. The molecule has 0 radical (unpaired) electrons. The number of hydrogen-bond acceptors (Lipinski definition) is 2. The zero-order valence-corrected chi connectivity index (χ0v) is 9.08. The first-order valence-corrected chi connectivity index (χ1v) is 4.99. The first-order valence-electron chi connectivity index (χ1n) is 4.99. The Morgan fingerprint density at radius 1 is 1.18 bits per heavy atom. The van der Waals surface area contributed by atoms with Crippen LogP contribution < -0.4 is 0 Å². The van der Waals surface area contributed by atoms with E-state index in [2.05, 4.69) is 4.98 Å². The van der Waals surface area contributed by atoms with Crippen LogP contribution in [0.3, 0.4) is 0 Å². The number of nitrogens with zero attached hydrogens (tertiary/aromatic N) is 1. The number of hydrogen-bond donors (Lipinski definition) is 0. The topological polar surface area (TPSA) is 30.0 Å². The summed E-state index contributed by atoms with van der Waals surface area (Å²) in [6.45, 7) is 1.74. The van der Waals surface area contributed by atoms with Gasteiger partial charge < -0.3 is 0 Å². The SMILES string of the molecule is Cc1ccncc1C(=O)c1cc(F)cc(F)c1. The van der Waals surface area contributed by atoms with Gasteiger partial charge in [-0.25, -0.2) is 8.78 Å². The van der Waals surface area contributed by atoms with Gasteiger partial charge in [0.25, 0.3) is 0 Å². The van der Waals surface area contributed by atoms with Gasteiger partial charge in [0.1, 0.15) is 11.6 Å². The van der Waals surface area contributed by atoms with E-state index in [-0.39, 0.29) is 5.56 Å². The van der Waals surface area contributed by atoms with Crippen LogP contribution in [-0.2, 0) is 0 Å². The Kier molecular flexibility index (Phi) is 2.95. The molecule has 1 aromatic carbocycles. The summed E-state index contributed by atoms with van der Waals surface area (Å²) in [6, 6.07) is 4.42. The highest BCUT2D eigenvalue weighted by atomic mass is 19.1. The van der Waals surface area contributed by atoms with E-state index in [4.69, 9.17) is 0 Å². The number of ketones is 1. The van der Waals surface area contributed by atoms with Crippen molar-refractivity contribution < 1.29 is 13.6 Å². The van der Waals surface area contributed by atoms with Crippen LogP contribution in [0.1, 0.15) is 21.5 Å². The van der Waals surface area contributed by atoms with Crippen LogP contribution in [0.15, 0.2) is 36.7 Å². The fourth-order valence-corrected chi connectivity index (χ4v) is 1.54. The van der Waals surface area contributed by atoms with Crippen LogP contribution in [0.4, 0.5) is 8.78 Å². The molecule has 4 heteroatoms. The number of aromatic nitrogens is 1. The van der Waals surface area contributed by atoms with Crippen molar-refractivity contribution in [3.05, 3.63) is 65.0 Å². The van der Waals surface area contributed by atoms with Gasteiger partial charge in [-0.15, -0.1) is 0 Å². The summed E-state index contributed by atoms with van der Waals surface area (Å²) in [5, 5.41) is 0. The van der Waals surface area contributed by atoms with E-state index in [9.17, 15) is 13.6 Å². The molecule has 0 saturated carbocycles. The Morgan fingerprint density at radius 2 is 1.82 bits per heavy atom. The zero-order chi connectivity index (χ0) is 12.4. The number of pyridine rings is 1. The molecular formula is C13H9F2NO. The molecule has 0 fully saturated rings. The fourth-order valence-electron chi connectivity index (χ4n) is 1.54. The predicted octanol–water partition coefficient (Wildman–Crippen LogP) is 2.90. The maximum absolute atomic E-state index is 13.0. The molecule has 2 aromatic rings. The second kappa shape index (κ2) is 4.41. The number of halogens is 2. The average Bonchev–Trinajstić information content (AvgIpc) is 2.27. The molecule has 2 nitrogen and oxygen atoms in total. The summed E-state index contributed by atoms with van der Waals surface area (Å²) >= 11 is 0. The number of carbonyl (C=O) groups excluding carboxylic acids is 1. The lowest BCUT2D eigenvalue weighted by Gasteiger charge is -2.04. The van der Waals surface area contributed by atoms with Crippen molar-refractivity contribution in [2.75, 3.05) is 0 Å². The molecule has 0 spiro atoms. The van der Waals surface area contributed by atoms with Crippen LogP contribution in [0.2, 0.25) is 0 Å². The summed E-state index contributed by atoms with van der Waals surface area (Å²) in [6.07, 6.45) is 2.94. The van der Waals surface area contributed by atoms with Gasteiger partial charge in [-0.05, 0) is 30.7 Å². The standard InChI is InChI=1S/C13H9F2NO/c1-8-2-3-16-7-12(8)13(17)9-4-10(14)6-11(15)5-9/h2-7H,1H3. The third kappa shape index (κ3) is 2.36. The Balaban J connectivity index is 2.48. The average molecular weight is 233 g/mol. The molecule has 0 bridgehead atoms. The number of rotatable bonds is 2. The molecule has 0 aliphatic heterocycles. The van der Waals surface area contributed by atoms with E-state index in [1.165, 1.54) is 6.20 Å². The smallest absolute Gasteiger partial charge is 0.195 e. The van der Waals surface area contributed by atoms with Gasteiger partial charge in [0.2, 0.25) is 0 Å². The molecule has 1 heterocycles. The Morgan fingerprint density at radius 3 is 2.41 bits per heavy atom. The van der Waals surface area contributed by atoms with Crippen molar-refractivity contribution in [3.63, 3.8) is 0 Å². The number of benzene rings is 1. The lowest BCUT2D eigenvalue weighted by atomic mass is 10.0. The molecule has 86 valence electrons. The van der Waals surface area contributed by atoms with E-state index < -0.39 is 17.4 Å². The maximum Gasteiger partial charge on any atom is 0.195 e. The number of aryl methyl sites for hydroxylation is 1. The summed E-state index contributed by atoms with van der Waals surface area (Å²) in [4.78, 5) is 15.8. The van der Waals surface area contributed by atoms with Gasteiger partial charge in [0.15, 0.2) is 5.78 Å². The van der Waals surface area contributed by atoms with Crippen molar-refractivity contribution in [2.45, 2.75) is 6.92 Å². The lowest BCUT2D eigenvalue weighted by Crippen LogP contribution is -2.05. The minimum Gasteiger partial charge on any atom is -0.289 e. The predicted molar refractivity (Wildman–Crippen MR) is 58.8 cm³/mol. The highest BCUT2D eigenvalue weighted by Crippen LogP contribution is 2.15. The first-order chi connectivity index (χ1) is 8.08. The van der Waals surface area contributed by atoms with Crippen molar-refractivity contribution in [3.8, 4) is 0 Å². The molecule has 1 aromatic heterocycles. The van der Waals surface area contributed by atoms with Gasteiger partial charge in [-0.2, -0.15) is 0 Å². The van der Waals surface area contributed by atoms with Crippen LogP contribution in [-0.4, -0.2) is 10.8 Å². The highest BCUT2D eigenvalue weighted by molar-refractivity contribution is 6.09. The molecule has 0 amide bonds. The van der Waals surface area contributed by atoms with E-state index >= 15 is 0 Å². The quantitative estimate of drug-likeness (QED) is 0.746. The first kappa shape index (κ1) is 11.4. The van der Waals surface area contributed by atoms with Gasteiger partial charge in [0, 0.05) is 29.6 Å². The van der Waals surface area contributed by atoms with E-state index in [1.54, 1.807) is 19.2 Å². The molecule has 0 unspecified atom stereocenters. The molecule has 0 aliphatic carbocycles. The van der Waals surface area contributed by atoms with Gasteiger partial charge in [-0.3, -0.25) is 9.78 Å². The largest absolute Gasteiger partial charge is 0.289 e. The van der Waals surface area contributed by atoms with E-state index in [0.717, 1.165) is 23.8 Å². The van der Waals surface area contributed by atoms with E-state index in [0.29, 0.717) is 5.56 Å². The molecule has 2 rings (SSSR count). The lowest BCUT2D eigenvalue weighted by molar-refractivity contribution is 0.103. The highest BCUT2D eigenvalue weighted by Gasteiger charge is 2.13. The molecular weight excluding hydrogens is 224 g/mol. The van der Waals surface area contributed by atoms with Crippen molar-refractivity contribution in [1.29, 1.82) is 0 Å². The Labute approximate surface area is 96.9 Å². The maximum atomic E-state index is 13.0. The van der Waals surface area contributed by atoms with Crippen molar-refractivity contribution in [2.24, 2.45) is 0 Å². The molecule has 0 N–H and O–H groups in total. The van der Waals surface area contributed by atoms with Crippen LogP contribution in [0.5, 0.6) is 0 Å². The second-order valence-corrected chi connectivity index (χ2v) is 3.68. The summed E-state index contributed by atoms with van der Waals surface area (Å²) in [5.74, 6) is -1.97. The summed E-state index contributed by atoms with van der Waals surface area (Å²) in [7, 11) is 0. The van der Waals surface area contributed by atoms with Crippen LogP contribution in [0, 0.1) is 18.6 Å². The normalized spacial score (nSPS) is 10.3. The van der Waals surface area contributed by atoms with Crippen LogP contribution in [0.25, 0.3) is 0 Å². The van der Waals surface area contributed by atoms with Crippen LogP contribution >= 0.6 is 0 Å². The van der Waals surface area contributed by atoms with Gasteiger partial charge >= 0.3 is 0 Å². The molecule has 17 heavy (non-hydrogen) atoms.